The van der Waals surface area contributed by atoms with Crippen LogP contribution in [0.3, 0.4) is 0 Å². The van der Waals surface area contributed by atoms with E-state index in [1.54, 1.807) is 18.3 Å². The maximum atomic E-state index is 12.1. The first-order valence-electron chi connectivity index (χ1n) is 11.2. The number of hydrogen-bond acceptors (Lipinski definition) is 6. The Balaban J connectivity index is 1.69. The van der Waals surface area contributed by atoms with Crippen LogP contribution in [0.4, 0.5) is 11.4 Å². The lowest BCUT2D eigenvalue weighted by Crippen LogP contribution is -2.48. The molecule has 8 heteroatoms. The number of nitrogens with zero attached hydrogens (tertiary/aromatic N) is 3. The summed E-state index contributed by atoms with van der Waals surface area (Å²) in [4.78, 5) is 25.1. The molecule has 1 aliphatic rings. The summed E-state index contributed by atoms with van der Waals surface area (Å²) in [6, 6.07) is 10.3. The number of para-hydroxylation sites is 2. The van der Waals surface area contributed by atoms with Gasteiger partial charge in [0.25, 0.3) is 5.91 Å². The fraction of sp³-hybridized carbons (Fsp3) is 0.440. The van der Waals surface area contributed by atoms with E-state index in [9.17, 15) is 14.9 Å². The van der Waals surface area contributed by atoms with Gasteiger partial charge in [0.05, 0.1) is 11.1 Å². The molecule has 8 nitrogen and oxygen atoms in total. The minimum absolute atomic E-state index is 0.0423. The SMILES string of the molecule is CCCN1c2cc(C)c(/C=N/NC(=O)COc3ccccc3[N+](=O)[O-])cc2C(C)CC1(C)C. The highest BCUT2D eigenvalue weighted by Gasteiger charge is 2.36. The Labute approximate surface area is 194 Å². The van der Waals surface area contributed by atoms with Crippen LogP contribution in [-0.4, -0.2) is 35.7 Å². The van der Waals surface area contributed by atoms with Crippen molar-refractivity contribution in [2.45, 2.75) is 58.9 Å². The molecule has 1 amide bonds. The number of nitrogens with one attached hydrogen (secondary N) is 1. The zero-order chi connectivity index (χ0) is 24.2. The molecule has 0 saturated heterocycles. The van der Waals surface area contributed by atoms with Gasteiger partial charge in [-0.15, -0.1) is 0 Å². The van der Waals surface area contributed by atoms with E-state index in [0.29, 0.717) is 5.92 Å². The van der Waals surface area contributed by atoms with E-state index in [-0.39, 0.29) is 23.6 Å². The molecule has 2 aromatic rings. The number of benzene rings is 2. The van der Waals surface area contributed by atoms with Gasteiger partial charge >= 0.3 is 5.69 Å². The van der Waals surface area contributed by atoms with E-state index in [1.165, 1.54) is 23.4 Å². The molecule has 0 aromatic heterocycles. The zero-order valence-corrected chi connectivity index (χ0v) is 19.9. The van der Waals surface area contributed by atoms with Gasteiger partial charge in [0, 0.05) is 23.8 Å². The number of nitro groups is 1. The Morgan fingerprint density at radius 1 is 1.36 bits per heavy atom. The number of hydrazone groups is 1. The molecule has 2 aromatic carbocycles. The lowest BCUT2D eigenvalue weighted by molar-refractivity contribution is -0.385. The van der Waals surface area contributed by atoms with Gasteiger partial charge in [-0.25, -0.2) is 5.43 Å². The molecule has 1 N–H and O–H groups in total. The smallest absolute Gasteiger partial charge is 0.310 e. The molecule has 33 heavy (non-hydrogen) atoms. The summed E-state index contributed by atoms with van der Waals surface area (Å²) in [6.07, 6.45) is 3.79. The second-order valence-corrected chi connectivity index (χ2v) is 9.14. The molecule has 1 aliphatic heterocycles. The molecule has 1 heterocycles. The van der Waals surface area contributed by atoms with Gasteiger partial charge in [-0.2, -0.15) is 5.10 Å². The molecule has 0 bridgehead atoms. The summed E-state index contributed by atoms with van der Waals surface area (Å²) in [7, 11) is 0. The summed E-state index contributed by atoms with van der Waals surface area (Å²) in [5.74, 6) is -0.0366. The largest absolute Gasteiger partial charge is 0.477 e. The Kier molecular flexibility index (Phi) is 7.36. The number of amides is 1. The van der Waals surface area contributed by atoms with Crippen molar-refractivity contribution < 1.29 is 14.5 Å². The highest BCUT2D eigenvalue weighted by molar-refractivity contribution is 5.86. The number of anilines is 1. The van der Waals surface area contributed by atoms with Crippen LogP contribution in [0.5, 0.6) is 5.75 Å². The van der Waals surface area contributed by atoms with Gasteiger partial charge in [0.2, 0.25) is 0 Å². The van der Waals surface area contributed by atoms with Crippen LogP contribution in [0.2, 0.25) is 0 Å². The average Bonchev–Trinajstić information content (AvgIpc) is 2.75. The summed E-state index contributed by atoms with van der Waals surface area (Å²) in [5.41, 5.74) is 6.94. The Bertz CT molecular complexity index is 1060. The van der Waals surface area contributed by atoms with Crippen molar-refractivity contribution in [3.8, 4) is 5.75 Å². The number of rotatable bonds is 8. The van der Waals surface area contributed by atoms with Crippen molar-refractivity contribution >= 4 is 23.5 Å². The van der Waals surface area contributed by atoms with Crippen molar-refractivity contribution in [1.82, 2.24) is 5.43 Å². The fourth-order valence-corrected chi connectivity index (χ4v) is 4.52. The van der Waals surface area contributed by atoms with Crippen LogP contribution in [0, 0.1) is 17.0 Å². The van der Waals surface area contributed by atoms with Crippen molar-refractivity contribution in [1.29, 1.82) is 0 Å². The summed E-state index contributed by atoms with van der Waals surface area (Å²) in [6.45, 7) is 11.7. The average molecular weight is 453 g/mol. The molecule has 0 saturated carbocycles. The lowest BCUT2D eigenvalue weighted by atomic mass is 9.79. The van der Waals surface area contributed by atoms with Gasteiger partial charge < -0.3 is 9.64 Å². The van der Waals surface area contributed by atoms with E-state index in [0.717, 1.165) is 30.5 Å². The molecule has 1 unspecified atom stereocenters. The first-order valence-corrected chi connectivity index (χ1v) is 11.2. The molecule has 0 fully saturated rings. The number of hydrogen-bond donors (Lipinski definition) is 1. The third-order valence-corrected chi connectivity index (χ3v) is 6.03. The molecule has 3 rings (SSSR count). The quantitative estimate of drug-likeness (QED) is 0.348. The van der Waals surface area contributed by atoms with Crippen molar-refractivity contribution in [2.24, 2.45) is 5.10 Å². The zero-order valence-electron chi connectivity index (χ0n) is 19.9. The number of aryl methyl sites for hydroxylation is 1. The normalized spacial score (nSPS) is 17.0. The predicted octanol–water partition coefficient (Wildman–Crippen LogP) is 4.93. The van der Waals surface area contributed by atoms with E-state index in [4.69, 9.17) is 4.74 Å². The Morgan fingerprint density at radius 2 is 2.09 bits per heavy atom. The molecular formula is C25H32N4O4. The molecule has 1 atom stereocenters. The Morgan fingerprint density at radius 3 is 2.79 bits per heavy atom. The monoisotopic (exact) mass is 452 g/mol. The molecule has 0 spiro atoms. The fourth-order valence-electron chi connectivity index (χ4n) is 4.52. The lowest BCUT2D eigenvalue weighted by Gasteiger charge is -2.48. The van der Waals surface area contributed by atoms with Crippen LogP contribution < -0.4 is 15.1 Å². The van der Waals surface area contributed by atoms with Gasteiger partial charge in [-0.1, -0.05) is 26.0 Å². The number of carbonyl (C=O) groups is 1. The minimum Gasteiger partial charge on any atom is -0.477 e. The Hall–Kier alpha value is -3.42. The number of fused-ring (bicyclic) bond motifs is 1. The highest BCUT2D eigenvalue weighted by atomic mass is 16.6. The summed E-state index contributed by atoms with van der Waals surface area (Å²) < 4.78 is 5.30. The standard InChI is InChI=1S/C25H32N4O4/c1-6-11-28-22-12-17(2)19(13-20(22)18(3)14-25(28,4)5)15-26-27-24(30)16-33-23-10-8-7-9-21(23)29(31)32/h7-10,12-13,15,18H,6,11,14,16H2,1-5H3,(H,27,30)/b26-15+. The maximum absolute atomic E-state index is 12.1. The number of nitro benzene ring substituents is 1. The van der Waals surface area contributed by atoms with Gasteiger partial charge in [0.1, 0.15) is 0 Å². The second-order valence-electron chi connectivity index (χ2n) is 9.14. The van der Waals surface area contributed by atoms with Crippen LogP contribution in [0.15, 0.2) is 41.5 Å². The van der Waals surface area contributed by atoms with Crippen LogP contribution in [0.1, 0.15) is 63.1 Å². The predicted molar refractivity (Wildman–Crippen MR) is 130 cm³/mol. The number of carbonyl (C=O) groups excluding carboxylic acids is 1. The van der Waals surface area contributed by atoms with E-state index < -0.39 is 10.8 Å². The van der Waals surface area contributed by atoms with Gasteiger partial charge in [-0.05, 0) is 74.4 Å². The van der Waals surface area contributed by atoms with Crippen molar-refractivity contribution in [3.05, 3.63) is 63.2 Å². The second kappa shape index (κ2) is 10.0. The third-order valence-electron chi connectivity index (χ3n) is 6.03. The van der Waals surface area contributed by atoms with Gasteiger partial charge in [-0.3, -0.25) is 14.9 Å². The minimum atomic E-state index is -0.548. The number of ether oxygens (including phenoxy) is 1. The van der Waals surface area contributed by atoms with Crippen LogP contribution >= 0.6 is 0 Å². The van der Waals surface area contributed by atoms with Crippen molar-refractivity contribution in [3.63, 3.8) is 0 Å². The van der Waals surface area contributed by atoms with Crippen LogP contribution in [0.25, 0.3) is 0 Å². The van der Waals surface area contributed by atoms with E-state index in [1.807, 2.05) is 6.92 Å². The van der Waals surface area contributed by atoms with E-state index >= 15 is 0 Å². The molecule has 0 aliphatic carbocycles. The first kappa shape index (κ1) is 24.2. The van der Waals surface area contributed by atoms with Crippen molar-refractivity contribution in [2.75, 3.05) is 18.1 Å². The first-order chi connectivity index (χ1) is 15.6. The topological polar surface area (TPSA) is 97.1 Å². The van der Waals surface area contributed by atoms with E-state index in [2.05, 4.69) is 55.3 Å². The molecular weight excluding hydrogens is 420 g/mol. The summed E-state index contributed by atoms with van der Waals surface area (Å²) in [5, 5.41) is 15.1. The van der Waals surface area contributed by atoms with Gasteiger partial charge in [0.15, 0.2) is 12.4 Å². The highest BCUT2D eigenvalue weighted by Crippen LogP contribution is 2.44. The third kappa shape index (κ3) is 5.50. The molecule has 0 radical (unpaired) electrons. The van der Waals surface area contributed by atoms with Crippen LogP contribution in [-0.2, 0) is 4.79 Å². The maximum Gasteiger partial charge on any atom is 0.310 e. The summed E-state index contributed by atoms with van der Waals surface area (Å²) >= 11 is 0. The molecule has 176 valence electrons.